The summed E-state index contributed by atoms with van der Waals surface area (Å²) in [7, 11) is 0. The molecular formula is C18H21NO2S. The largest absolute Gasteiger partial charge is 0.508 e. The van der Waals surface area contributed by atoms with Crippen molar-refractivity contribution < 1.29 is 10.2 Å². The van der Waals surface area contributed by atoms with Crippen LogP contribution in [0.25, 0.3) is 5.76 Å². The molecule has 0 spiro atoms. The Bertz CT molecular complexity index is 641. The molecular weight excluding hydrogens is 294 g/mol. The van der Waals surface area contributed by atoms with Gasteiger partial charge in [0.2, 0.25) is 0 Å². The van der Waals surface area contributed by atoms with Gasteiger partial charge < -0.3 is 15.1 Å². The van der Waals surface area contributed by atoms with Crippen LogP contribution in [-0.2, 0) is 0 Å². The minimum Gasteiger partial charge on any atom is -0.508 e. The highest BCUT2D eigenvalue weighted by Gasteiger charge is 2.17. The van der Waals surface area contributed by atoms with E-state index in [0.717, 1.165) is 23.5 Å². The lowest BCUT2D eigenvalue weighted by molar-refractivity contribution is 0.224. The van der Waals surface area contributed by atoms with E-state index < -0.39 is 6.10 Å². The van der Waals surface area contributed by atoms with Crippen molar-refractivity contribution in [2.24, 2.45) is 0 Å². The first-order chi connectivity index (χ1) is 10.6. The Balaban J connectivity index is 1.75. The number of aliphatic hydroxyl groups excluding tert-OH is 2. The number of hydrogen-bond acceptors (Lipinski definition) is 4. The molecule has 0 radical (unpaired) electrons. The van der Waals surface area contributed by atoms with E-state index >= 15 is 0 Å². The molecule has 1 fully saturated rings. The predicted octanol–water partition coefficient (Wildman–Crippen LogP) is 4.35. The Labute approximate surface area is 135 Å². The average molecular weight is 315 g/mol. The second kappa shape index (κ2) is 6.55. The maximum atomic E-state index is 10.5. The molecule has 4 heteroatoms. The second-order valence-electron chi connectivity index (χ2n) is 5.69. The highest BCUT2D eigenvalue weighted by molar-refractivity contribution is 7.16. The van der Waals surface area contributed by atoms with Gasteiger partial charge in [-0.15, -0.1) is 11.3 Å². The molecule has 0 aliphatic carbocycles. The molecule has 116 valence electrons. The quantitative estimate of drug-likeness (QED) is 0.824. The maximum absolute atomic E-state index is 10.5. The molecule has 1 saturated heterocycles. The van der Waals surface area contributed by atoms with Crippen molar-refractivity contribution in [3.05, 3.63) is 59.0 Å². The number of aliphatic hydroxyl groups is 2. The van der Waals surface area contributed by atoms with Crippen LogP contribution in [0.3, 0.4) is 0 Å². The number of benzene rings is 1. The molecule has 22 heavy (non-hydrogen) atoms. The number of anilines is 1. The SMILES string of the molecule is C=C(O)c1ccc(C(O)c2ccc(N3CCCCC3)s2)cc1. The van der Waals surface area contributed by atoms with Crippen LogP contribution in [-0.4, -0.2) is 23.3 Å². The number of rotatable bonds is 4. The monoisotopic (exact) mass is 315 g/mol. The van der Waals surface area contributed by atoms with Crippen LogP contribution in [0.4, 0.5) is 5.00 Å². The molecule has 1 unspecified atom stereocenters. The average Bonchev–Trinajstić information content (AvgIpc) is 3.05. The summed E-state index contributed by atoms with van der Waals surface area (Å²) >= 11 is 1.66. The van der Waals surface area contributed by atoms with E-state index in [1.807, 2.05) is 18.2 Å². The van der Waals surface area contributed by atoms with Gasteiger partial charge in [-0.2, -0.15) is 0 Å². The summed E-state index contributed by atoms with van der Waals surface area (Å²) in [6.45, 7) is 5.73. The van der Waals surface area contributed by atoms with E-state index in [0.29, 0.717) is 5.56 Å². The minimum atomic E-state index is -0.621. The molecule has 3 nitrogen and oxygen atoms in total. The van der Waals surface area contributed by atoms with Gasteiger partial charge in [0, 0.05) is 23.5 Å². The van der Waals surface area contributed by atoms with Crippen LogP contribution in [0.2, 0.25) is 0 Å². The van der Waals surface area contributed by atoms with Gasteiger partial charge >= 0.3 is 0 Å². The first-order valence-corrected chi connectivity index (χ1v) is 8.48. The molecule has 1 aliphatic heterocycles. The fourth-order valence-corrected chi connectivity index (χ4v) is 3.87. The van der Waals surface area contributed by atoms with Gasteiger partial charge in [-0.05, 0) is 37.0 Å². The van der Waals surface area contributed by atoms with Crippen molar-refractivity contribution in [3.63, 3.8) is 0 Å². The number of nitrogens with zero attached hydrogens (tertiary/aromatic N) is 1. The third kappa shape index (κ3) is 3.18. The van der Waals surface area contributed by atoms with Crippen LogP contribution < -0.4 is 4.90 Å². The molecule has 1 aromatic carbocycles. The topological polar surface area (TPSA) is 43.7 Å². The third-order valence-corrected chi connectivity index (χ3v) is 5.31. The number of piperidine rings is 1. The Kier molecular flexibility index (Phi) is 4.50. The molecule has 3 rings (SSSR count). The van der Waals surface area contributed by atoms with Gasteiger partial charge in [0.05, 0.1) is 5.00 Å². The highest BCUT2D eigenvalue weighted by atomic mass is 32.1. The van der Waals surface area contributed by atoms with Crippen LogP contribution >= 0.6 is 11.3 Å². The second-order valence-corrected chi connectivity index (χ2v) is 6.79. The third-order valence-electron chi connectivity index (χ3n) is 4.11. The van der Waals surface area contributed by atoms with Crippen molar-refractivity contribution in [1.29, 1.82) is 0 Å². The minimum absolute atomic E-state index is 0.0459. The summed E-state index contributed by atoms with van der Waals surface area (Å²) in [4.78, 5) is 3.36. The zero-order valence-corrected chi connectivity index (χ0v) is 13.4. The number of hydrogen-bond donors (Lipinski definition) is 2. The zero-order valence-electron chi connectivity index (χ0n) is 12.5. The summed E-state index contributed by atoms with van der Waals surface area (Å²) in [5, 5.41) is 21.1. The maximum Gasteiger partial charge on any atom is 0.115 e. The lowest BCUT2D eigenvalue weighted by Crippen LogP contribution is -2.28. The van der Waals surface area contributed by atoms with Gasteiger partial charge in [0.15, 0.2) is 0 Å². The van der Waals surface area contributed by atoms with E-state index in [1.54, 1.807) is 23.5 Å². The molecule has 2 N–H and O–H groups in total. The first-order valence-electron chi connectivity index (χ1n) is 7.66. The van der Waals surface area contributed by atoms with Crippen molar-refractivity contribution in [2.45, 2.75) is 25.4 Å². The summed E-state index contributed by atoms with van der Waals surface area (Å²) in [6.07, 6.45) is 3.20. The van der Waals surface area contributed by atoms with Crippen molar-refractivity contribution in [2.75, 3.05) is 18.0 Å². The Morgan fingerprint density at radius 3 is 2.36 bits per heavy atom. The van der Waals surface area contributed by atoms with Crippen LogP contribution in [0.15, 0.2) is 43.0 Å². The Morgan fingerprint density at radius 2 is 1.73 bits per heavy atom. The van der Waals surface area contributed by atoms with Gasteiger partial charge in [-0.3, -0.25) is 0 Å². The summed E-state index contributed by atoms with van der Waals surface area (Å²) in [6, 6.07) is 11.3. The van der Waals surface area contributed by atoms with Gasteiger partial charge in [0.25, 0.3) is 0 Å². The standard InChI is InChI=1S/C18H21NO2S/c1-13(20)14-5-7-15(8-6-14)18(21)16-9-10-17(22-16)19-11-3-2-4-12-19/h5-10,18,20-21H,1-4,11-12H2. The Hall–Kier alpha value is -1.78. The molecule has 0 amide bonds. The lowest BCUT2D eigenvalue weighted by atomic mass is 10.1. The van der Waals surface area contributed by atoms with Crippen LogP contribution in [0, 0.1) is 0 Å². The fourth-order valence-electron chi connectivity index (χ4n) is 2.80. The van der Waals surface area contributed by atoms with E-state index in [4.69, 9.17) is 0 Å². The lowest BCUT2D eigenvalue weighted by Gasteiger charge is -2.27. The van der Waals surface area contributed by atoms with Crippen LogP contribution in [0.1, 0.15) is 41.4 Å². The summed E-state index contributed by atoms with van der Waals surface area (Å²) in [5.74, 6) is 0.0459. The van der Waals surface area contributed by atoms with E-state index in [2.05, 4.69) is 17.5 Å². The normalized spacial score (nSPS) is 16.5. The molecule has 1 aliphatic rings. The zero-order chi connectivity index (χ0) is 15.5. The first kappa shape index (κ1) is 15.1. The summed E-state index contributed by atoms with van der Waals surface area (Å²) < 4.78 is 0. The highest BCUT2D eigenvalue weighted by Crippen LogP contribution is 2.34. The predicted molar refractivity (Wildman–Crippen MR) is 92.5 cm³/mol. The van der Waals surface area contributed by atoms with Gasteiger partial charge in [-0.25, -0.2) is 0 Å². The fraction of sp³-hybridized carbons (Fsp3) is 0.333. The van der Waals surface area contributed by atoms with Gasteiger partial charge in [0.1, 0.15) is 11.9 Å². The van der Waals surface area contributed by atoms with Crippen LogP contribution in [0.5, 0.6) is 0 Å². The van der Waals surface area contributed by atoms with Gasteiger partial charge in [-0.1, -0.05) is 30.8 Å². The molecule has 2 aromatic rings. The van der Waals surface area contributed by atoms with E-state index in [9.17, 15) is 10.2 Å². The van der Waals surface area contributed by atoms with E-state index in [-0.39, 0.29) is 5.76 Å². The molecule has 0 bridgehead atoms. The molecule has 2 heterocycles. The van der Waals surface area contributed by atoms with Crippen molar-refractivity contribution in [1.82, 2.24) is 0 Å². The molecule has 1 aromatic heterocycles. The summed E-state index contributed by atoms with van der Waals surface area (Å²) in [5.41, 5.74) is 1.51. The molecule has 1 atom stereocenters. The molecule has 0 saturated carbocycles. The Morgan fingerprint density at radius 1 is 1.05 bits per heavy atom. The number of thiophene rings is 1. The van der Waals surface area contributed by atoms with Crippen molar-refractivity contribution in [3.8, 4) is 0 Å². The smallest absolute Gasteiger partial charge is 0.115 e. The van der Waals surface area contributed by atoms with E-state index in [1.165, 1.54) is 24.3 Å². The van der Waals surface area contributed by atoms with Crippen molar-refractivity contribution >= 4 is 22.1 Å².